The number of benzene rings is 2. The minimum absolute atomic E-state index is 0. The summed E-state index contributed by atoms with van der Waals surface area (Å²) in [5.41, 5.74) is 1.19. The first-order chi connectivity index (χ1) is 14.3. The number of nitrogens with one attached hydrogen (secondary N) is 2. The summed E-state index contributed by atoms with van der Waals surface area (Å²) in [5.74, 6) is 0.519. The summed E-state index contributed by atoms with van der Waals surface area (Å²) < 4.78 is 56.8. The maximum absolute atomic E-state index is 13.0. The molecular formula is C21H21F4IN4O. The predicted molar refractivity (Wildman–Crippen MR) is 121 cm³/mol. The third kappa shape index (κ3) is 7.23. The van der Waals surface area contributed by atoms with E-state index in [4.69, 9.17) is 4.42 Å². The highest BCUT2D eigenvalue weighted by molar-refractivity contribution is 14.0. The lowest BCUT2D eigenvalue weighted by Crippen LogP contribution is -2.37. The van der Waals surface area contributed by atoms with Gasteiger partial charge in [0.25, 0.3) is 0 Å². The molecule has 2 aromatic carbocycles. The molecule has 2 N–H and O–H groups in total. The highest BCUT2D eigenvalue weighted by Crippen LogP contribution is 2.29. The van der Waals surface area contributed by atoms with E-state index in [0.717, 1.165) is 12.1 Å². The lowest BCUT2D eigenvalue weighted by molar-refractivity contribution is -0.137. The standard InChI is InChI=1S/C21H20F4N4O.HI/c1-26-20(28-12-14-3-2-4-16(11-14)21(23,24)25)27-10-9-18-13-30-19(29-18)15-5-7-17(22)8-6-15;/h2-8,11,13H,9-10,12H2,1H3,(H2,26,27,28);1H. The van der Waals surface area contributed by atoms with Gasteiger partial charge in [-0.15, -0.1) is 24.0 Å². The lowest BCUT2D eigenvalue weighted by atomic mass is 10.1. The van der Waals surface area contributed by atoms with Crippen LogP contribution in [-0.4, -0.2) is 24.5 Å². The smallest absolute Gasteiger partial charge is 0.416 e. The van der Waals surface area contributed by atoms with E-state index in [9.17, 15) is 17.6 Å². The van der Waals surface area contributed by atoms with E-state index in [1.807, 2.05) is 0 Å². The van der Waals surface area contributed by atoms with Gasteiger partial charge in [0.05, 0.1) is 11.3 Å². The molecule has 3 rings (SSSR count). The Hall–Kier alpha value is -2.63. The molecular weight excluding hydrogens is 527 g/mol. The van der Waals surface area contributed by atoms with Gasteiger partial charge in [0, 0.05) is 32.1 Å². The Morgan fingerprint density at radius 1 is 1.10 bits per heavy atom. The second-order valence-corrected chi connectivity index (χ2v) is 6.45. The van der Waals surface area contributed by atoms with Crippen molar-refractivity contribution in [2.75, 3.05) is 13.6 Å². The Kier molecular flexibility index (Phi) is 8.84. The van der Waals surface area contributed by atoms with Crippen LogP contribution in [0.2, 0.25) is 0 Å². The topological polar surface area (TPSA) is 62.5 Å². The van der Waals surface area contributed by atoms with Gasteiger partial charge >= 0.3 is 6.18 Å². The van der Waals surface area contributed by atoms with Crippen molar-refractivity contribution in [3.8, 4) is 11.5 Å². The lowest BCUT2D eigenvalue weighted by Gasteiger charge is -2.13. The Balaban J connectivity index is 0.00000341. The molecule has 0 aliphatic rings. The second kappa shape index (κ2) is 11.1. The number of nitrogens with zero attached hydrogens (tertiary/aromatic N) is 2. The normalized spacial score (nSPS) is 11.7. The summed E-state index contributed by atoms with van der Waals surface area (Å²) >= 11 is 0. The van der Waals surface area contributed by atoms with Gasteiger partial charge in [-0.2, -0.15) is 13.2 Å². The molecule has 31 heavy (non-hydrogen) atoms. The molecule has 3 aromatic rings. The minimum atomic E-state index is -4.37. The van der Waals surface area contributed by atoms with Gasteiger partial charge < -0.3 is 15.1 Å². The molecule has 0 saturated heterocycles. The van der Waals surface area contributed by atoms with Gasteiger partial charge in [-0.3, -0.25) is 4.99 Å². The van der Waals surface area contributed by atoms with Gasteiger partial charge in [-0.25, -0.2) is 9.37 Å². The van der Waals surface area contributed by atoms with Crippen molar-refractivity contribution in [3.63, 3.8) is 0 Å². The van der Waals surface area contributed by atoms with Crippen LogP contribution in [0.4, 0.5) is 17.6 Å². The Labute approximate surface area is 194 Å². The maximum atomic E-state index is 13.0. The van der Waals surface area contributed by atoms with Crippen LogP contribution in [0.1, 0.15) is 16.8 Å². The zero-order valence-electron chi connectivity index (χ0n) is 16.5. The number of aromatic nitrogens is 1. The van der Waals surface area contributed by atoms with Crippen molar-refractivity contribution >= 4 is 29.9 Å². The first-order valence-electron chi connectivity index (χ1n) is 9.16. The number of guanidine groups is 1. The van der Waals surface area contributed by atoms with Gasteiger partial charge in [-0.1, -0.05) is 12.1 Å². The minimum Gasteiger partial charge on any atom is -0.444 e. The van der Waals surface area contributed by atoms with Crippen molar-refractivity contribution in [2.45, 2.75) is 19.1 Å². The summed E-state index contributed by atoms with van der Waals surface area (Å²) in [4.78, 5) is 8.42. The fourth-order valence-electron chi connectivity index (χ4n) is 2.72. The molecule has 0 unspecified atom stereocenters. The van der Waals surface area contributed by atoms with E-state index in [1.165, 1.54) is 24.5 Å². The molecule has 0 amide bonds. The second-order valence-electron chi connectivity index (χ2n) is 6.45. The van der Waals surface area contributed by atoms with E-state index in [1.54, 1.807) is 25.2 Å². The van der Waals surface area contributed by atoms with E-state index in [0.29, 0.717) is 41.6 Å². The summed E-state index contributed by atoms with van der Waals surface area (Å²) in [6, 6.07) is 11.0. The molecule has 166 valence electrons. The molecule has 0 fully saturated rings. The number of oxazole rings is 1. The molecule has 0 aliphatic heterocycles. The Morgan fingerprint density at radius 2 is 1.84 bits per heavy atom. The van der Waals surface area contributed by atoms with Crippen molar-refractivity contribution in [1.82, 2.24) is 15.6 Å². The highest BCUT2D eigenvalue weighted by atomic mass is 127. The summed E-state index contributed by atoms with van der Waals surface area (Å²) in [6.45, 7) is 0.680. The van der Waals surface area contributed by atoms with Crippen LogP contribution in [-0.2, 0) is 19.1 Å². The van der Waals surface area contributed by atoms with Crippen LogP contribution in [0.3, 0.4) is 0 Å². The molecule has 5 nitrogen and oxygen atoms in total. The monoisotopic (exact) mass is 548 g/mol. The number of aliphatic imine (C=N–C) groups is 1. The molecule has 0 aliphatic carbocycles. The molecule has 0 radical (unpaired) electrons. The molecule has 10 heteroatoms. The molecule has 1 aromatic heterocycles. The summed E-state index contributed by atoms with van der Waals surface area (Å²) in [6.07, 6.45) is -2.31. The first kappa shape index (κ1) is 24.6. The fourth-order valence-corrected chi connectivity index (χ4v) is 2.72. The molecule has 0 bridgehead atoms. The van der Waals surface area contributed by atoms with E-state index in [-0.39, 0.29) is 36.3 Å². The van der Waals surface area contributed by atoms with Crippen LogP contribution in [0.25, 0.3) is 11.5 Å². The molecule has 0 atom stereocenters. The largest absolute Gasteiger partial charge is 0.444 e. The van der Waals surface area contributed by atoms with Crippen molar-refractivity contribution in [1.29, 1.82) is 0 Å². The third-order valence-electron chi connectivity index (χ3n) is 4.25. The first-order valence-corrected chi connectivity index (χ1v) is 9.16. The zero-order chi connectivity index (χ0) is 21.6. The van der Waals surface area contributed by atoms with Gasteiger partial charge in [0.15, 0.2) is 5.96 Å². The third-order valence-corrected chi connectivity index (χ3v) is 4.25. The molecule has 0 spiro atoms. The van der Waals surface area contributed by atoms with Crippen molar-refractivity contribution < 1.29 is 22.0 Å². The average Bonchev–Trinajstić information content (AvgIpc) is 3.19. The van der Waals surface area contributed by atoms with Crippen molar-refractivity contribution in [2.24, 2.45) is 4.99 Å². The van der Waals surface area contributed by atoms with Gasteiger partial charge in [0.2, 0.25) is 5.89 Å². The van der Waals surface area contributed by atoms with Crippen LogP contribution in [0, 0.1) is 5.82 Å². The van der Waals surface area contributed by atoms with E-state index < -0.39 is 11.7 Å². The van der Waals surface area contributed by atoms with E-state index in [2.05, 4.69) is 20.6 Å². The molecule has 1 heterocycles. The van der Waals surface area contributed by atoms with Gasteiger partial charge in [-0.05, 0) is 42.0 Å². The van der Waals surface area contributed by atoms with Crippen LogP contribution in [0.5, 0.6) is 0 Å². The van der Waals surface area contributed by atoms with Gasteiger partial charge in [0.1, 0.15) is 12.1 Å². The highest BCUT2D eigenvalue weighted by Gasteiger charge is 2.30. The number of hydrogen-bond donors (Lipinski definition) is 2. The predicted octanol–water partition coefficient (Wildman–Crippen LogP) is 5.03. The Bertz CT molecular complexity index is 1000. The Morgan fingerprint density at radius 3 is 2.52 bits per heavy atom. The number of alkyl halides is 3. The maximum Gasteiger partial charge on any atom is 0.416 e. The SMILES string of the molecule is CN=C(NCCc1coc(-c2ccc(F)cc2)n1)NCc1cccc(C(F)(F)F)c1.I. The summed E-state index contributed by atoms with van der Waals surface area (Å²) in [5, 5.41) is 6.05. The van der Waals surface area contributed by atoms with Crippen molar-refractivity contribution in [3.05, 3.63) is 77.4 Å². The number of rotatable bonds is 6. The van der Waals surface area contributed by atoms with E-state index >= 15 is 0 Å². The van der Waals surface area contributed by atoms with Crippen LogP contribution >= 0.6 is 24.0 Å². The molecule has 0 saturated carbocycles. The number of halogens is 5. The average molecular weight is 548 g/mol. The van der Waals surface area contributed by atoms with Crippen LogP contribution in [0.15, 0.2) is 64.2 Å². The summed E-state index contributed by atoms with van der Waals surface area (Å²) in [7, 11) is 1.57. The fraction of sp³-hybridized carbons (Fsp3) is 0.238. The quantitative estimate of drug-likeness (QED) is 0.197. The number of hydrogen-bond acceptors (Lipinski definition) is 3. The van der Waals surface area contributed by atoms with Crippen LogP contribution < -0.4 is 10.6 Å². The zero-order valence-corrected chi connectivity index (χ0v) is 18.9.